The number of nitrogens with zero attached hydrogens (tertiary/aromatic N) is 1. The van der Waals surface area contributed by atoms with Gasteiger partial charge in [0.2, 0.25) is 0 Å². The Hall–Kier alpha value is -1.10. The van der Waals surface area contributed by atoms with Crippen LogP contribution in [0.2, 0.25) is 0 Å². The summed E-state index contributed by atoms with van der Waals surface area (Å²) in [5.74, 6) is -0.234. The van der Waals surface area contributed by atoms with Gasteiger partial charge < -0.3 is 9.88 Å². The van der Waals surface area contributed by atoms with Crippen LogP contribution in [0.15, 0.2) is 17.1 Å². The molecule has 0 aliphatic carbocycles. The second-order valence-corrected chi connectivity index (χ2v) is 4.46. The molecule has 1 aromatic heterocycles. The van der Waals surface area contributed by atoms with Gasteiger partial charge >= 0.3 is 0 Å². The van der Waals surface area contributed by atoms with E-state index in [0.717, 1.165) is 17.4 Å². The van der Waals surface area contributed by atoms with Gasteiger partial charge in [-0.25, -0.2) is 0 Å². The van der Waals surface area contributed by atoms with Gasteiger partial charge in [0.1, 0.15) is 5.56 Å². The molecule has 4 nitrogen and oxygen atoms in total. The SMILES string of the molecule is Cc1cc(=O)c(C(=O)N(C)CCCBr)c[nH]1. The van der Waals surface area contributed by atoms with Gasteiger partial charge in [0.25, 0.3) is 5.91 Å². The summed E-state index contributed by atoms with van der Waals surface area (Å²) in [6.07, 6.45) is 2.34. The van der Waals surface area contributed by atoms with E-state index >= 15 is 0 Å². The lowest BCUT2D eigenvalue weighted by atomic mass is 10.2. The monoisotopic (exact) mass is 286 g/mol. The first-order chi connectivity index (χ1) is 7.56. The number of pyridine rings is 1. The molecule has 1 aromatic rings. The van der Waals surface area contributed by atoms with Gasteiger partial charge in [0.15, 0.2) is 5.43 Å². The molecule has 0 aliphatic rings. The van der Waals surface area contributed by atoms with Crippen molar-refractivity contribution in [1.29, 1.82) is 0 Å². The molecule has 0 saturated heterocycles. The number of halogens is 1. The predicted octanol–water partition coefficient (Wildman–Crippen LogP) is 1.54. The third-order valence-corrected chi connectivity index (χ3v) is 2.82. The molecule has 0 atom stereocenters. The summed E-state index contributed by atoms with van der Waals surface area (Å²) in [5, 5.41) is 0.842. The number of hydrogen-bond donors (Lipinski definition) is 1. The van der Waals surface area contributed by atoms with Crippen LogP contribution in [0.4, 0.5) is 0 Å². The maximum absolute atomic E-state index is 11.9. The van der Waals surface area contributed by atoms with E-state index in [0.29, 0.717) is 6.54 Å². The smallest absolute Gasteiger partial charge is 0.259 e. The van der Waals surface area contributed by atoms with E-state index in [1.807, 2.05) is 0 Å². The van der Waals surface area contributed by atoms with Crippen LogP contribution in [-0.4, -0.2) is 34.7 Å². The topological polar surface area (TPSA) is 53.2 Å². The number of amides is 1. The van der Waals surface area contributed by atoms with Crippen molar-refractivity contribution < 1.29 is 4.79 Å². The van der Waals surface area contributed by atoms with E-state index in [9.17, 15) is 9.59 Å². The summed E-state index contributed by atoms with van der Waals surface area (Å²) in [4.78, 5) is 27.9. The Kier molecular flexibility index (Phi) is 4.73. The second kappa shape index (κ2) is 5.84. The average molecular weight is 287 g/mol. The fourth-order valence-corrected chi connectivity index (χ4v) is 1.60. The fourth-order valence-electron chi connectivity index (χ4n) is 1.34. The molecule has 0 spiro atoms. The zero-order valence-electron chi connectivity index (χ0n) is 9.42. The number of carbonyl (C=O) groups excluding carboxylic acids is 1. The molecule has 0 fully saturated rings. The van der Waals surface area contributed by atoms with E-state index in [2.05, 4.69) is 20.9 Å². The Bertz CT molecular complexity index is 428. The van der Waals surface area contributed by atoms with Crippen LogP contribution in [-0.2, 0) is 0 Å². The Morgan fingerprint density at radius 2 is 2.25 bits per heavy atom. The molecule has 16 heavy (non-hydrogen) atoms. The molecular formula is C11H15BrN2O2. The van der Waals surface area contributed by atoms with Crippen LogP contribution >= 0.6 is 15.9 Å². The highest BCUT2D eigenvalue weighted by Crippen LogP contribution is 2.00. The number of H-pyrrole nitrogens is 1. The quantitative estimate of drug-likeness (QED) is 0.854. The van der Waals surface area contributed by atoms with Crippen LogP contribution in [0.1, 0.15) is 22.5 Å². The zero-order valence-corrected chi connectivity index (χ0v) is 11.0. The number of aryl methyl sites for hydroxylation is 1. The van der Waals surface area contributed by atoms with Crippen molar-refractivity contribution in [2.24, 2.45) is 0 Å². The van der Waals surface area contributed by atoms with Gasteiger partial charge in [-0.05, 0) is 13.3 Å². The Morgan fingerprint density at radius 1 is 1.56 bits per heavy atom. The van der Waals surface area contributed by atoms with E-state index < -0.39 is 0 Å². The van der Waals surface area contributed by atoms with Crippen LogP contribution in [0.25, 0.3) is 0 Å². The molecule has 1 heterocycles. The number of rotatable bonds is 4. The molecule has 0 unspecified atom stereocenters. The van der Waals surface area contributed by atoms with Crippen molar-refractivity contribution in [3.8, 4) is 0 Å². The number of alkyl halides is 1. The second-order valence-electron chi connectivity index (χ2n) is 3.66. The van der Waals surface area contributed by atoms with Crippen molar-refractivity contribution in [3.63, 3.8) is 0 Å². The van der Waals surface area contributed by atoms with Crippen LogP contribution in [0, 0.1) is 6.92 Å². The molecule has 1 rings (SSSR count). The summed E-state index contributed by atoms with van der Waals surface area (Å²) >= 11 is 3.30. The number of aromatic nitrogens is 1. The molecular weight excluding hydrogens is 272 g/mol. The summed E-state index contributed by atoms with van der Waals surface area (Å²) in [7, 11) is 1.70. The maximum Gasteiger partial charge on any atom is 0.259 e. The summed E-state index contributed by atoms with van der Waals surface area (Å²) in [6.45, 7) is 2.42. The minimum Gasteiger partial charge on any atom is -0.364 e. The van der Waals surface area contributed by atoms with Gasteiger partial charge in [-0.2, -0.15) is 0 Å². The van der Waals surface area contributed by atoms with Crippen LogP contribution in [0.3, 0.4) is 0 Å². The highest BCUT2D eigenvalue weighted by atomic mass is 79.9. The lowest BCUT2D eigenvalue weighted by molar-refractivity contribution is 0.0794. The van der Waals surface area contributed by atoms with Crippen LogP contribution < -0.4 is 5.43 Å². The number of nitrogens with one attached hydrogen (secondary N) is 1. The van der Waals surface area contributed by atoms with Crippen molar-refractivity contribution in [1.82, 2.24) is 9.88 Å². The zero-order chi connectivity index (χ0) is 12.1. The van der Waals surface area contributed by atoms with E-state index in [4.69, 9.17) is 0 Å². The van der Waals surface area contributed by atoms with Crippen molar-refractivity contribution in [2.45, 2.75) is 13.3 Å². The van der Waals surface area contributed by atoms with Crippen LogP contribution in [0.5, 0.6) is 0 Å². The van der Waals surface area contributed by atoms with Crippen molar-refractivity contribution in [2.75, 3.05) is 18.9 Å². The van der Waals surface area contributed by atoms with Gasteiger partial charge in [0.05, 0.1) is 0 Å². The molecule has 0 bridgehead atoms. The number of hydrogen-bond acceptors (Lipinski definition) is 2. The summed E-state index contributed by atoms with van der Waals surface area (Å²) in [5.41, 5.74) is 0.722. The van der Waals surface area contributed by atoms with Gasteiger partial charge in [-0.1, -0.05) is 15.9 Å². The Balaban J connectivity index is 2.84. The van der Waals surface area contributed by atoms with Gasteiger partial charge in [-0.3, -0.25) is 9.59 Å². The molecule has 0 saturated carbocycles. The fraction of sp³-hybridized carbons (Fsp3) is 0.455. The predicted molar refractivity (Wildman–Crippen MR) is 67.2 cm³/mol. The largest absolute Gasteiger partial charge is 0.364 e. The molecule has 1 amide bonds. The first-order valence-electron chi connectivity index (χ1n) is 5.07. The van der Waals surface area contributed by atoms with Gasteiger partial charge in [0, 0.05) is 36.9 Å². The molecule has 0 aliphatic heterocycles. The van der Waals surface area contributed by atoms with Gasteiger partial charge in [-0.15, -0.1) is 0 Å². The average Bonchev–Trinajstić information content (AvgIpc) is 2.25. The van der Waals surface area contributed by atoms with E-state index in [1.165, 1.54) is 12.3 Å². The highest BCUT2D eigenvalue weighted by molar-refractivity contribution is 9.09. The third-order valence-electron chi connectivity index (χ3n) is 2.26. The highest BCUT2D eigenvalue weighted by Gasteiger charge is 2.14. The molecule has 0 aromatic carbocycles. The number of aromatic amines is 1. The molecule has 0 radical (unpaired) electrons. The Morgan fingerprint density at radius 3 is 2.81 bits per heavy atom. The Labute approximate surface area is 103 Å². The minimum atomic E-state index is -0.234. The van der Waals surface area contributed by atoms with E-state index in [-0.39, 0.29) is 16.9 Å². The molecule has 5 heteroatoms. The minimum absolute atomic E-state index is 0.197. The summed E-state index contributed by atoms with van der Waals surface area (Å²) in [6, 6.07) is 1.44. The standard InChI is InChI=1S/C11H15BrN2O2/c1-8-6-10(15)9(7-13-8)11(16)14(2)5-3-4-12/h6-7H,3-5H2,1-2H3,(H,13,15). The normalized spacial score (nSPS) is 10.2. The lowest BCUT2D eigenvalue weighted by Gasteiger charge is -2.15. The van der Waals surface area contributed by atoms with Crippen molar-refractivity contribution in [3.05, 3.63) is 33.7 Å². The third kappa shape index (κ3) is 3.20. The van der Waals surface area contributed by atoms with E-state index in [1.54, 1.807) is 18.9 Å². The molecule has 1 N–H and O–H groups in total. The first kappa shape index (κ1) is 13.0. The maximum atomic E-state index is 11.9. The summed E-state index contributed by atoms with van der Waals surface area (Å²) < 4.78 is 0. The van der Waals surface area contributed by atoms with Crippen molar-refractivity contribution >= 4 is 21.8 Å². The lowest BCUT2D eigenvalue weighted by Crippen LogP contribution is -2.31. The molecule has 88 valence electrons. The first-order valence-corrected chi connectivity index (χ1v) is 6.19. The number of carbonyl (C=O) groups is 1.